The van der Waals surface area contributed by atoms with Crippen molar-refractivity contribution in [2.75, 3.05) is 0 Å². The molecular weight excluding hydrogens is 255 g/mol. The highest BCUT2D eigenvalue weighted by Gasteiger charge is 2.42. The Hall–Kier alpha value is -1.64. The van der Waals surface area contributed by atoms with Crippen molar-refractivity contribution >= 4 is 5.97 Å². The maximum absolute atomic E-state index is 14.1. The summed E-state index contributed by atoms with van der Waals surface area (Å²) in [5.41, 5.74) is 1.42. The summed E-state index contributed by atoms with van der Waals surface area (Å²) in [5.74, 6) is -0.692. The Labute approximate surface area is 119 Å². The molecule has 1 aliphatic carbocycles. The summed E-state index contributed by atoms with van der Waals surface area (Å²) in [6.07, 6.45) is 2.28. The summed E-state index contributed by atoms with van der Waals surface area (Å²) >= 11 is 0. The number of carbonyl (C=O) groups excluding carboxylic acids is 1. The SMILES string of the molecule is C=C(C)C(=O)OC(C)(CC)C1CCc2cccc(F)c21. The number of carbonyl (C=O) groups is 1. The van der Waals surface area contributed by atoms with Crippen LogP contribution in [0.5, 0.6) is 0 Å². The Kier molecular flexibility index (Phi) is 3.98. The third-order valence-electron chi connectivity index (χ3n) is 4.31. The van der Waals surface area contributed by atoms with Crippen molar-refractivity contribution in [2.45, 2.75) is 51.6 Å². The average molecular weight is 276 g/mol. The molecule has 0 amide bonds. The molecule has 0 saturated carbocycles. The number of benzene rings is 1. The van der Waals surface area contributed by atoms with Gasteiger partial charge in [-0.3, -0.25) is 0 Å². The number of rotatable bonds is 4. The lowest BCUT2D eigenvalue weighted by Gasteiger charge is -2.35. The summed E-state index contributed by atoms with van der Waals surface area (Å²) < 4.78 is 19.8. The lowest BCUT2D eigenvalue weighted by molar-refractivity contribution is -0.156. The molecule has 0 saturated heterocycles. The van der Waals surface area contributed by atoms with Crippen LogP contribution in [0.4, 0.5) is 4.39 Å². The van der Waals surface area contributed by atoms with Gasteiger partial charge in [-0.15, -0.1) is 0 Å². The molecule has 0 bridgehead atoms. The predicted molar refractivity (Wildman–Crippen MR) is 77.1 cm³/mol. The number of ether oxygens (including phenoxy) is 1. The molecule has 2 unspecified atom stereocenters. The van der Waals surface area contributed by atoms with Gasteiger partial charge in [-0.05, 0) is 50.3 Å². The zero-order chi connectivity index (χ0) is 14.9. The zero-order valence-corrected chi connectivity index (χ0v) is 12.3. The van der Waals surface area contributed by atoms with E-state index in [1.54, 1.807) is 13.0 Å². The van der Waals surface area contributed by atoms with Crippen LogP contribution in [0.25, 0.3) is 0 Å². The van der Waals surface area contributed by atoms with E-state index in [2.05, 4.69) is 6.58 Å². The molecule has 2 nitrogen and oxygen atoms in total. The molecule has 0 fully saturated rings. The molecule has 2 atom stereocenters. The summed E-state index contributed by atoms with van der Waals surface area (Å²) in [5, 5.41) is 0. The van der Waals surface area contributed by atoms with Crippen LogP contribution in [0.1, 0.15) is 50.7 Å². The average Bonchev–Trinajstić information content (AvgIpc) is 2.84. The van der Waals surface area contributed by atoms with Crippen LogP contribution in [0.3, 0.4) is 0 Å². The quantitative estimate of drug-likeness (QED) is 0.610. The van der Waals surface area contributed by atoms with Crippen LogP contribution in [0.2, 0.25) is 0 Å². The van der Waals surface area contributed by atoms with Gasteiger partial charge >= 0.3 is 5.97 Å². The van der Waals surface area contributed by atoms with Crippen LogP contribution >= 0.6 is 0 Å². The summed E-state index contributed by atoms with van der Waals surface area (Å²) in [4.78, 5) is 11.9. The number of hydrogen-bond donors (Lipinski definition) is 0. The number of halogens is 1. The largest absolute Gasteiger partial charge is 0.455 e. The first-order valence-corrected chi connectivity index (χ1v) is 7.05. The van der Waals surface area contributed by atoms with E-state index in [9.17, 15) is 9.18 Å². The summed E-state index contributed by atoms with van der Waals surface area (Å²) in [7, 11) is 0. The molecule has 0 aliphatic heterocycles. The first-order valence-electron chi connectivity index (χ1n) is 7.05. The molecule has 0 N–H and O–H groups in total. The van der Waals surface area contributed by atoms with Gasteiger partial charge in [0.05, 0.1) is 0 Å². The van der Waals surface area contributed by atoms with Crippen molar-refractivity contribution in [2.24, 2.45) is 0 Å². The Bertz CT molecular complexity index is 550. The number of hydrogen-bond acceptors (Lipinski definition) is 2. The minimum absolute atomic E-state index is 0.0907. The van der Waals surface area contributed by atoms with Gasteiger partial charge in [0.1, 0.15) is 11.4 Å². The Morgan fingerprint density at radius 3 is 2.85 bits per heavy atom. The first-order chi connectivity index (χ1) is 9.39. The summed E-state index contributed by atoms with van der Waals surface area (Å²) in [6.45, 7) is 9.09. The Morgan fingerprint density at radius 1 is 1.55 bits per heavy atom. The van der Waals surface area contributed by atoms with Crippen LogP contribution in [0.15, 0.2) is 30.4 Å². The fourth-order valence-electron chi connectivity index (χ4n) is 2.93. The van der Waals surface area contributed by atoms with E-state index < -0.39 is 11.6 Å². The van der Waals surface area contributed by atoms with E-state index in [0.717, 1.165) is 18.4 Å². The molecule has 2 rings (SSSR count). The fourth-order valence-corrected chi connectivity index (χ4v) is 2.93. The number of fused-ring (bicyclic) bond motifs is 1. The number of esters is 1. The van der Waals surface area contributed by atoms with E-state index in [0.29, 0.717) is 17.6 Å². The molecule has 20 heavy (non-hydrogen) atoms. The Balaban J connectivity index is 2.35. The Morgan fingerprint density at radius 2 is 2.25 bits per heavy atom. The maximum Gasteiger partial charge on any atom is 0.333 e. The normalized spacial score (nSPS) is 20.1. The molecular formula is C17H21FO2. The second-order valence-electron chi connectivity index (χ2n) is 5.74. The van der Waals surface area contributed by atoms with Crippen LogP contribution in [-0.2, 0) is 16.0 Å². The smallest absolute Gasteiger partial charge is 0.333 e. The van der Waals surface area contributed by atoms with Gasteiger partial charge in [0.2, 0.25) is 0 Å². The monoisotopic (exact) mass is 276 g/mol. The predicted octanol–water partition coefficient (Wildman–Crippen LogP) is 4.14. The zero-order valence-electron chi connectivity index (χ0n) is 12.3. The van der Waals surface area contributed by atoms with Gasteiger partial charge < -0.3 is 4.74 Å². The molecule has 1 aliphatic rings. The third kappa shape index (κ3) is 2.49. The van der Waals surface area contributed by atoms with Crippen LogP contribution < -0.4 is 0 Å². The van der Waals surface area contributed by atoms with Crippen LogP contribution in [-0.4, -0.2) is 11.6 Å². The topological polar surface area (TPSA) is 26.3 Å². The van der Waals surface area contributed by atoms with Gasteiger partial charge in [-0.2, -0.15) is 0 Å². The lowest BCUT2D eigenvalue weighted by Crippen LogP contribution is -2.37. The minimum Gasteiger partial charge on any atom is -0.455 e. The molecule has 3 heteroatoms. The van der Waals surface area contributed by atoms with Crippen LogP contribution in [0, 0.1) is 5.82 Å². The standard InChI is InChI=1S/C17H21FO2/c1-5-17(4,20-16(19)11(2)3)13-10-9-12-7-6-8-14(18)15(12)13/h6-8,13H,2,5,9-10H2,1,3-4H3. The van der Waals surface area contributed by atoms with Crippen molar-refractivity contribution in [3.05, 3.63) is 47.3 Å². The lowest BCUT2D eigenvalue weighted by atomic mass is 9.82. The van der Waals surface area contributed by atoms with Crippen molar-refractivity contribution < 1.29 is 13.9 Å². The molecule has 0 spiro atoms. The van der Waals surface area contributed by atoms with Crippen molar-refractivity contribution in [1.29, 1.82) is 0 Å². The molecule has 108 valence electrons. The third-order valence-corrected chi connectivity index (χ3v) is 4.31. The van der Waals surface area contributed by atoms with Crippen molar-refractivity contribution in [3.8, 4) is 0 Å². The first kappa shape index (κ1) is 14.8. The second-order valence-corrected chi connectivity index (χ2v) is 5.74. The molecule has 1 aromatic carbocycles. The van der Waals surface area contributed by atoms with Gasteiger partial charge in [0.15, 0.2) is 0 Å². The molecule has 0 heterocycles. The van der Waals surface area contributed by atoms with Crippen molar-refractivity contribution in [3.63, 3.8) is 0 Å². The van der Waals surface area contributed by atoms with Crippen molar-refractivity contribution in [1.82, 2.24) is 0 Å². The van der Waals surface area contributed by atoms with E-state index in [1.165, 1.54) is 6.07 Å². The molecule has 1 aromatic rings. The van der Waals surface area contributed by atoms with E-state index >= 15 is 0 Å². The summed E-state index contributed by atoms with van der Waals surface area (Å²) in [6, 6.07) is 5.17. The van der Waals surface area contributed by atoms with Gasteiger partial charge in [-0.25, -0.2) is 9.18 Å². The highest BCUT2D eigenvalue weighted by atomic mass is 19.1. The number of aryl methyl sites for hydroxylation is 1. The maximum atomic E-state index is 14.1. The second kappa shape index (κ2) is 5.39. The molecule has 0 aromatic heterocycles. The van der Waals surface area contributed by atoms with Gasteiger partial charge in [0, 0.05) is 11.5 Å². The fraction of sp³-hybridized carbons (Fsp3) is 0.471. The highest BCUT2D eigenvalue weighted by molar-refractivity contribution is 5.87. The van der Waals surface area contributed by atoms with E-state index in [-0.39, 0.29) is 11.7 Å². The van der Waals surface area contributed by atoms with Gasteiger partial charge in [0.25, 0.3) is 0 Å². The minimum atomic E-state index is -0.691. The van der Waals surface area contributed by atoms with Gasteiger partial charge in [-0.1, -0.05) is 25.6 Å². The van der Waals surface area contributed by atoms with E-state index in [4.69, 9.17) is 4.74 Å². The van der Waals surface area contributed by atoms with E-state index in [1.807, 2.05) is 19.9 Å². The highest BCUT2D eigenvalue weighted by Crippen LogP contribution is 2.45. The molecule has 0 radical (unpaired) electrons.